The van der Waals surface area contributed by atoms with Gasteiger partial charge in [0.2, 0.25) is 0 Å². The first-order chi connectivity index (χ1) is 17.1. The molecule has 0 saturated carbocycles. The van der Waals surface area contributed by atoms with E-state index in [0.29, 0.717) is 34.5 Å². The molecule has 0 unspecified atom stereocenters. The van der Waals surface area contributed by atoms with Crippen molar-refractivity contribution < 1.29 is 24.3 Å². The number of fused-ring (bicyclic) bond motifs is 1. The van der Waals surface area contributed by atoms with E-state index in [1.54, 1.807) is 51.2 Å². The number of nitrogens with zero attached hydrogens (tertiary/aromatic N) is 2. The van der Waals surface area contributed by atoms with Gasteiger partial charge in [-0.2, -0.15) is 5.48 Å². The van der Waals surface area contributed by atoms with Crippen molar-refractivity contribution in [2.24, 2.45) is 0 Å². The lowest BCUT2D eigenvalue weighted by molar-refractivity contribution is -0.156. The second-order valence-electron chi connectivity index (χ2n) is 9.88. The molecule has 1 aromatic heterocycles. The van der Waals surface area contributed by atoms with Gasteiger partial charge in [-0.3, -0.25) is 14.7 Å². The molecular formula is C27H30ClN3O5. The van der Waals surface area contributed by atoms with E-state index in [2.05, 4.69) is 10.5 Å². The third-order valence-corrected chi connectivity index (χ3v) is 6.51. The molecule has 190 valence electrons. The topological polar surface area (TPSA) is 101 Å². The number of nitrogens with one attached hydrogen (secondary N) is 1. The van der Waals surface area contributed by atoms with Gasteiger partial charge < -0.3 is 9.84 Å². The van der Waals surface area contributed by atoms with E-state index in [1.165, 1.54) is 4.90 Å². The van der Waals surface area contributed by atoms with E-state index in [1.807, 2.05) is 30.3 Å². The minimum Gasteiger partial charge on any atom is -0.479 e. The Balaban J connectivity index is 1.69. The second-order valence-corrected chi connectivity index (χ2v) is 10.3. The maximum absolute atomic E-state index is 13.5. The maximum Gasteiger partial charge on any atom is 0.411 e. The molecule has 36 heavy (non-hydrogen) atoms. The fourth-order valence-electron chi connectivity index (χ4n) is 4.54. The Morgan fingerprint density at radius 1 is 1.17 bits per heavy atom. The van der Waals surface area contributed by atoms with Crippen LogP contribution >= 0.6 is 11.6 Å². The van der Waals surface area contributed by atoms with Crippen LogP contribution in [0.1, 0.15) is 44.7 Å². The summed E-state index contributed by atoms with van der Waals surface area (Å²) in [5, 5.41) is 11.7. The molecule has 0 radical (unpaired) electrons. The van der Waals surface area contributed by atoms with Crippen molar-refractivity contribution >= 4 is 34.6 Å². The monoisotopic (exact) mass is 511 g/mol. The van der Waals surface area contributed by atoms with Crippen LogP contribution in [0.15, 0.2) is 60.8 Å². The summed E-state index contributed by atoms with van der Waals surface area (Å²) >= 11 is 6.39. The molecule has 2 N–H and O–H groups in total. The van der Waals surface area contributed by atoms with Crippen LogP contribution in [0, 0.1) is 0 Å². The number of carboxylic acids is 1. The van der Waals surface area contributed by atoms with E-state index in [-0.39, 0.29) is 19.0 Å². The summed E-state index contributed by atoms with van der Waals surface area (Å²) in [6.07, 6.45) is 1.43. The highest BCUT2D eigenvalue weighted by Crippen LogP contribution is 2.43. The molecule has 1 aliphatic heterocycles. The number of aliphatic carboxylic acids is 1. The Kier molecular flexibility index (Phi) is 7.49. The normalized spacial score (nSPS) is 20.3. The quantitative estimate of drug-likeness (QED) is 0.433. The fraction of sp³-hybridized carbons (Fsp3) is 0.370. The van der Waals surface area contributed by atoms with Gasteiger partial charge >= 0.3 is 12.1 Å². The average molecular weight is 512 g/mol. The number of hydrogen-bond donors (Lipinski definition) is 2. The molecule has 2 heterocycles. The number of carbonyl (C=O) groups excluding carboxylic acids is 1. The number of likely N-dealkylation sites (tertiary alicyclic amines) is 1. The van der Waals surface area contributed by atoms with Crippen LogP contribution in [0.2, 0.25) is 5.02 Å². The van der Waals surface area contributed by atoms with Crippen molar-refractivity contribution in [3.05, 3.63) is 76.9 Å². The molecule has 1 aliphatic rings. The molecule has 1 amide bonds. The summed E-state index contributed by atoms with van der Waals surface area (Å²) in [4.78, 5) is 37.9. The van der Waals surface area contributed by atoms with Gasteiger partial charge in [-0.15, -0.1) is 0 Å². The molecular weight excluding hydrogens is 482 g/mol. The van der Waals surface area contributed by atoms with Crippen molar-refractivity contribution in [1.29, 1.82) is 0 Å². The number of carboxylic acid groups (broad SMARTS) is 1. The zero-order valence-corrected chi connectivity index (χ0v) is 21.3. The number of carbonyl (C=O) groups is 2. The second kappa shape index (κ2) is 10.4. The number of halogens is 1. The largest absolute Gasteiger partial charge is 0.479 e. The van der Waals surface area contributed by atoms with Crippen LogP contribution < -0.4 is 5.48 Å². The van der Waals surface area contributed by atoms with Gasteiger partial charge in [0.25, 0.3) is 0 Å². The highest BCUT2D eigenvalue weighted by molar-refractivity contribution is 6.35. The molecule has 1 fully saturated rings. The van der Waals surface area contributed by atoms with Gasteiger partial charge in [0.15, 0.2) is 5.54 Å². The molecule has 2 aromatic carbocycles. The van der Waals surface area contributed by atoms with Gasteiger partial charge in [0.1, 0.15) is 5.60 Å². The summed E-state index contributed by atoms with van der Waals surface area (Å²) in [7, 11) is 0. The Morgan fingerprint density at radius 3 is 2.61 bits per heavy atom. The van der Waals surface area contributed by atoms with Crippen LogP contribution in [0.3, 0.4) is 0 Å². The Morgan fingerprint density at radius 2 is 1.92 bits per heavy atom. The highest BCUT2D eigenvalue weighted by atomic mass is 35.5. The van der Waals surface area contributed by atoms with E-state index < -0.39 is 23.2 Å². The van der Waals surface area contributed by atoms with Crippen molar-refractivity contribution in [2.45, 2.75) is 57.4 Å². The summed E-state index contributed by atoms with van der Waals surface area (Å²) in [6, 6.07) is 16.2. The molecule has 4 rings (SSSR count). The summed E-state index contributed by atoms with van der Waals surface area (Å²) in [5.74, 6) is -1.16. The lowest BCUT2D eigenvalue weighted by Gasteiger charge is -2.47. The summed E-state index contributed by atoms with van der Waals surface area (Å²) in [5.41, 5.74) is 2.32. The van der Waals surface area contributed by atoms with Gasteiger partial charge in [-0.05, 0) is 57.4 Å². The van der Waals surface area contributed by atoms with Crippen LogP contribution in [-0.2, 0) is 26.5 Å². The van der Waals surface area contributed by atoms with Gasteiger partial charge in [0.05, 0.1) is 18.2 Å². The molecule has 0 bridgehead atoms. The smallest absolute Gasteiger partial charge is 0.411 e. The van der Waals surface area contributed by atoms with Gasteiger partial charge in [0, 0.05) is 28.7 Å². The molecule has 0 aliphatic carbocycles. The van der Waals surface area contributed by atoms with E-state index in [4.69, 9.17) is 21.2 Å². The number of hydroxylamine groups is 1. The number of pyridine rings is 1. The molecule has 0 spiro atoms. The number of hydrogen-bond acceptors (Lipinski definition) is 6. The lowest BCUT2D eigenvalue weighted by atomic mass is 9.78. The highest BCUT2D eigenvalue weighted by Gasteiger charge is 2.54. The van der Waals surface area contributed by atoms with Crippen LogP contribution in [0.25, 0.3) is 10.9 Å². The number of rotatable bonds is 6. The van der Waals surface area contributed by atoms with E-state index in [0.717, 1.165) is 5.56 Å². The Bertz CT molecular complexity index is 1250. The fourth-order valence-corrected chi connectivity index (χ4v) is 4.75. The van der Waals surface area contributed by atoms with E-state index >= 15 is 0 Å². The number of aromatic nitrogens is 1. The minimum atomic E-state index is -1.70. The maximum atomic E-state index is 13.5. The van der Waals surface area contributed by atoms with Crippen LogP contribution in [0.4, 0.5) is 4.79 Å². The number of benzene rings is 2. The van der Waals surface area contributed by atoms with Crippen molar-refractivity contribution in [3.63, 3.8) is 0 Å². The third kappa shape index (κ3) is 5.31. The SMILES string of the molecule is CC(C)(C)OC(=O)N1C[C@H](NOCc2ccccc2)CC[C@@]1(C(=O)O)c1ccc(Cl)c2cccnc12. The van der Waals surface area contributed by atoms with Crippen molar-refractivity contribution in [3.8, 4) is 0 Å². The van der Waals surface area contributed by atoms with Gasteiger partial charge in [-0.25, -0.2) is 9.59 Å². The number of ether oxygens (including phenoxy) is 1. The first-order valence-corrected chi connectivity index (χ1v) is 12.2. The van der Waals surface area contributed by atoms with Crippen LogP contribution in [0.5, 0.6) is 0 Å². The molecule has 3 aromatic rings. The predicted molar refractivity (Wildman–Crippen MR) is 136 cm³/mol. The molecule has 2 atom stereocenters. The molecule has 1 saturated heterocycles. The predicted octanol–water partition coefficient (Wildman–Crippen LogP) is 5.29. The number of amides is 1. The average Bonchev–Trinajstić information content (AvgIpc) is 2.84. The zero-order chi connectivity index (χ0) is 25.9. The van der Waals surface area contributed by atoms with Crippen molar-refractivity contribution in [2.75, 3.05) is 6.54 Å². The molecule has 8 nitrogen and oxygen atoms in total. The first kappa shape index (κ1) is 25.9. The Hall–Kier alpha value is -3.20. The third-order valence-electron chi connectivity index (χ3n) is 6.18. The first-order valence-electron chi connectivity index (χ1n) is 11.8. The standard InChI is InChI=1S/C27H30ClN3O5/c1-26(2,3)36-25(34)31-16-19(30-35-17-18-8-5-4-6-9-18)13-14-27(31,24(32)33)21-11-12-22(28)20-10-7-15-29-23(20)21/h4-12,15,19,30H,13-14,16-17H2,1-3H3,(H,32,33)/t19-,27+/m1/s1. The lowest BCUT2D eigenvalue weighted by Crippen LogP contribution is -2.62. The van der Waals surface area contributed by atoms with Crippen LogP contribution in [-0.4, -0.2) is 45.2 Å². The van der Waals surface area contributed by atoms with Crippen molar-refractivity contribution in [1.82, 2.24) is 15.4 Å². The Labute approximate surface area is 215 Å². The van der Waals surface area contributed by atoms with Gasteiger partial charge in [-0.1, -0.05) is 48.0 Å². The zero-order valence-electron chi connectivity index (χ0n) is 20.5. The van der Waals surface area contributed by atoms with E-state index in [9.17, 15) is 14.7 Å². The number of piperidine rings is 1. The summed E-state index contributed by atoms with van der Waals surface area (Å²) < 4.78 is 5.67. The summed E-state index contributed by atoms with van der Waals surface area (Å²) in [6.45, 7) is 5.63. The minimum absolute atomic E-state index is 0.0625. The molecule has 9 heteroatoms.